The number of rotatable bonds is 5. The topological polar surface area (TPSA) is 85.3 Å². The first-order valence-corrected chi connectivity index (χ1v) is 10.6. The quantitative estimate of drug-likeness (QED) is 0.716. The second kappa shape index (κ2) is 9.16. The molecule has 8 heteroatoms. The number of hydrogen-bond acceptors (Lipinski definition) is 6. The van der Waals surface area contributed by atoms with Crippen molar-refractivity contribution in [1.29, 1.82) is 0 Å². The normalized spacial score (nSPS) is 24.6. The summed E-state index contributed by atoms with van der Waals surface area (Å²) in [6.07, 6.45) is 0.0893. The number of esters is 1. The molecule has 1 aliphatic carbocycles. The standard InChI is InChI=1S/C24H26FNO6/c1-30-21-10-15(5-8-19(21)25)23(28)26-12-16-9-20(27)22(11-17(16)13-26)32-18-6-3-14(4-7-18)24(29)31-2/h3-8,10,16-17,20,22,27H,9,11-13H2,1-2H3/t16-,17+,20-,22-/m0/s1. The molecule has 1 aliphatic heterocycles. The Balaban J connectivity index is 1.40. The molecule has 0 bridgehead atoms. The number of benzene rings is 2. The average Bonchev–Trinajstić information content (AvgIpc) is 3.21. The lowest BCUT2D eigenvalue weighted by atomic mass is 9.78. The van der Waals surface area contributed by atoms with Gasteiger partial charge in [-0.05, 0) is 67.1 Å². The van der Waals surface area contributed by atoms with Gasteiger partial charge < -0.3 is 24.2 Å². The third-order valence-corrected chi connectivity index (χ3v) is 6.33. The van der Waals surface area contributed by atoms with Gasteiger partial charge in [0, 0.05) is 18.7 Å². The molecule has 0 aromatic heterocycles. The molecule has 7 nitrogen and oxygen atoms in total. The van der Waals surface area contributed by atoms with Crippen molar-refractivity contribution in [2.45, 2.75) is 25.0 Å². The summed E-state index contributed by atoms with van der Waals surface area (Å²) >= 11 is 0. The number of amides is 1. The van der Waals surface area contributed by atoms with Crippen LogP contribution in [0.4, 0.5) is 4.39 Å². The summed E-state index contributed by atoms with van der Waals surface area (Å²) in [4.78, 5) is 26.3. The Morgan fingerprint density at radius 2 is 1.66 bits per heavy atom. The van der Waals surface area contributed by atoms with E-state index in [1.54, 1.807) is 29.2 Å². The van der Waals surface area contributed by atoms with Crippen LogP contribution in [0, 0.1) is 17.7 Å². The van der Waals surface area contributed by atoms with E-state index in [2.05, 4.69) is 0 Å². The van der Waals surface area contributed by atoms with Gasteiger partial charge in [-0.3, -0.25) is 4.79 Å². The molecular weight excluding hydrogens is 417 g/mol. The minimum absolute atomic E-state index is 0.0366. The maximum atomic E-state index is 13.7. The van der Waals surface area contributed by atoms with Crippen molar-refractivity contribution in [2.24, 2.45) is 11.8 Å². The first-order valence-electron chi connectivity index (χ1n) is 10.6. The van der Waals surface area contributed by atoms with Crippen LogP contribution in [0.25, 0.3) is 0 Å². The predicted molar refractivity (Wildman–Crippen MR) is 113 cm³/mol. The summed E-state index contributed by atoms with van der Waals surface area (Å²) in [6, 6.07) is 10.7. The second-order valence-electron chi connectivity index (χ2n) is 8.29. The van der Waals surface area contributed by atoms with Crippen molar-refractivity contribution in [3.63, 3.8) is 0 Å². The number of fused-ring (bicyclic) bond motifs is 1. The van der Waals surface area contributed by atoms with Crippen LogP contribution in [-0.2, 0) is 4.74 Å². The zero-order valence-electron chi connectivity index (χ0n) is 18.0. The number of ether oxygens (including phenoxy) is 3. The SMILES string of the molecule is COC(=O)c1ccc(O[C@H]2C[C@@H]3CN(C(=O)c4ccc(F)c(OC)c4)C[C@@H]3C[C@@H]2O)cc1. The van der Waals surface area contributed by atoms with E-state index in [1.807, 2.05) is 0 Å². The molecular formula is C24H26FNO6. The fourth-order valence-electron chi connectivity index (χ4n) is 4.62. The van der Waals surface area contributed by atoms with Crippen LogP contribution in [0.1, 0.15) is 33.6 Å². The highest BCUT2D eigenvalue weighted by Crippen LogP contribution is 2.38. The number of hydrogen-bond donors (Lipinski definition) is 1. The van der Waals surface area contributed by atoms with E-state index in [1.165, 1.54) is 32.4 Å². The van der Waals surface area contributed by atoms with Gasteiger partial charge in [-0.2, -0.15) is 0 Å². The fourth-order valence-corrected chi connectivity index (χ4v) is 4.62. The van der Waals surface area contributed by atoms with E-state index in [9.17, 15) is 19.1 Å². The summed E-state index contributed by atoms with van der Waals surface area (Å²) in [7, 11) is 2.69. The number of methoxy groups -OCH3 is 2. The Morgan fingerprint density at radius 3 is 2.31 bits per heavy atom. The molecule has 1 N–H and O–H groups in total. The largest absolute Gasteiger partial charge is 0.494 e. The Hall–Kier alpha value is -3.13. The van der Waals surface area contributed by atoms with Crippen LogP contribution in [-0.4, -0.2) is 61.4 Å². The molecule has 170 valence electrons. The molecule has 4 rings (SSSR count). The minimum Gasteiger partial charge on any atom is -0.494 e. The Morgan fingerprint density at radius 1 is 1.00 bits per heavy atom. The molecule has 1 saturated carbocycles. The molecule has 2 fully saturated rings. The third-order valence-electron chi connectivity index (χ3n) is 6.33. The number of aliphatic hydroxyl groups excluding tert-OH is 1. The lowest BCUT2D eigenvalue weighted by Gasteiger charge is -2.35. The van der Waals surface area contributed by atoms with Crippen molar-refractivity contribution in [3.8, 4) is 11.5 Å². The minimum atomic E-state index is -0.655. The number of carbonyl (C=O) groups excluding carboxylic acids is 2. The molecule has 4 atom stereocenters. The van der Waals surface area contributed by atoms with Gasteiger partial charge in [0.2, 0.25) is 0 Å². The van der Waals surface area contributed by atoms with Gasteiger partial charge in [-0.25, -0.2) is 9.18 Å². The first kappa shape index (κ1) is 22.1. The van der Waals surface area contributed by atoms with Crippen LogP contribution < -0.4 is 9.47 Å². The highest BCUT2D eigenvalue weighted by atomic mass is 19.1. The van der Waals surface area contributed by atoms with Crippen molar-refractivity contribution in [2.75, 3.05) is 27.3 Å². The number of halogens is 1. The van der Waals surface area contributed by atoms with Gasteiger partial charge in [0.15, 0.2) is 11.6 Å². The van der Waals surface area contributed by atoms with Crippen molar-refractivity contribution in [3.05, 3.63) is 59.4 Å². The molecule has 1 amide bonds. The number of nitrogens with zero attached hydrogens (tertiary/aromatic N) is 1. The Bertz CT molecular complexity index is 994. The Labute approximate surface area is 185 Å². The van der Waals surface area contributed by atoms with Crippen molar-refractivity contribution >= 4 is 11.9 Å². The van der Waals surface area contributed by atoms with E-state index in [0.29, 0.717) is 42.8 Å². The van der Waals surface area contributed by atoms with Gasteiger partial charge in [0.05, 0.1) is 25.9 Å². The van der Waals surface area contributed by atoms with E-state index in [4.69, 9.17) is 14.2 Å². The number of aliphatic hydroxyl groups is 1. The van der Waals surface area contributed by atoms with Gasteiger partial charge in [-0.1, -0.05) is 0 Å². The molecule has 2 aromatic carbocycles. The van der Waals surface area contributed by atoms with E-state index in [-0.39, 0.29) is 23.5 Å². The van der Waals surface area contributed by atoms with Crippen LogP contribution in [0.2, 0.25) is 0 Å². The third kappa shape index (κ3) is 4.41. The highest BCUT2D eigenvalue weighted by Gasteiger charge is 2.44. The van der Waals surface area contributed by atoms with E-state index < -0.39 is 24.0 Å². The van der Waals surface area contributed by atoms with Crippen LogP contribution in [0.3, 0.4) is 0 Å². The average molecular weight is 443 g/mol. The number of carbonyl (C=O) groups is 2. The molecule has 32 heavy (non-hydrogen) atoms. The summed E-state index contributed by atoms with van der Waals surface area (Å²) in [5, 5.41) is 10.6. The van der Waals surface area contributed by atoms with E-state index in [0.717, 1.165) is 0 Å². The molecule has 0 unspecified atom stereocenters. The molecule has 0 spiro atoms. The van der Waals surface area contributed by atoms with E-state index >= 15 is 0 Å². The predicted octanol–water partition coefficient (Wildman–Crippen LogP) is 2.91. The molecule has 0 radical (unpaired) electrons. The van der Waals surface area contributed by atoms with Gasteiger partial charge >= 0.3 is 5.97 Å². The van der Waals surface area contributed by atoms with Gasteiger partial charge in [0.25, 0.3) is 5.91 Å². The zero-order chi connectivity index (χ0) is 22.8. The Kier molecular flexibility index (Phi) is 6.32. The lowest BCUT2D eigenvalue weighted by molar-refractivity contribution is -0.0231. The summed E-state index contributed by atoms with van der Waals surface area (Å²) in [5.41, 5.74) is 0.799. The lowest BCUT2D eigenvalue weighted by Crippen LogP contribution is -2.42. The van der Waals surface area contributed by atoms with Crippen LogP contribution >= 0.6 is 0 Å². The smallest absolute Gasteiger partial charge is 0.337 e. The van der Waals surface area contributed by atoms with Crippen LogP contribution in [0.15, 0.2) is 42.5 Å². The van der Waals surface area contributed by atoms with Gasteiger partial charge in [0.1, 0.15) is 11.9 Å². The molecule has 2 aromatic rings. The highest BCUT2D eigenvalue weighted by molar-refractivity contribution is 5.94. The second-order valence-corrected chi connectivity index (χ2v) is 8.29. The van der Waals surface area contributed by atoms with Crippen LogP contribution in [0.5, 0.6) is 11.5 Å². The zero-order valence-corrected chi connectivity index (χ0v) is 18.0. The maximum Gasteiger partial charge on any atom is 0.337 e. The monoisotopic (exact) mass is 443 g/mol. The maximum absolute atomic E-state index is 13.7. The van der Waals surface area contributed by atoms with Gasteiger partial charge in [-0.15, -0.1) is 0 Å². The molecule has 1 saturated heterocycles. The fraction of sp³-hybridized carbons (Fsp3) is 0.417. The number of likely N-dealkylation sites (tertiary alicyclic amines) is 1. The summed E-state index contributed by atoms with van der Waals surface area (Å²) < 4.78 is 29.4. The summed E-state index contributed by atoms with van der Waals surface area (Å²) in [6.45, 7) is 1.10. The first-order chi connectivity index (χ1) is 15.4. The van der Waals surface area contributed by atoms with Crippen molar-refractivity contribution < 1.29 is 33.3 Å². The summed E-state index contributed by atoms with van der Waals surface area (Å²) in [5.74, 6) is -0.141. The molecule has 2 aliphatic rings. The van der Waals surface area contributed by atoms with Crippen molar-refractivity contribution in [1.82, 2.24) is 4.90 Å². The molecule has 1 heterocycles.